The van der Waals surface area contributed by atoms with Gasteiger partial charge in [-0.25, -0.2) is 9.18 Å². The second-order valence-corrected chi connectivity index (χ2v) is 4.81. The van der Waals surface area contributed by atoms with E-state index < -0.39 is 22.5 Å². The molecule has 0 aliphatic heterocycles. The number of nitro benzene ring substituents is 1. The molecule has 2 aromatic rings. The van der Waals surface area contributed by atoms with Crippen molar-refractivity contribution in [2.24, 2.45) is 0 Å². The lowest BCUT2D eigenvalue weighted by atomic mass is 10.2. The van der Waals surface area contributed by atoms with Gasteiger partial charge in [0, 0.05) is 13.1 Å². The van der Waals surface area contributed by atoms with Crippen molar-refractivity contribution in [2.75, 3.05) is 11.9 Å². The second-order valence-electron chi connectivity index (χ2n) is 4.40. The summed E-state index contributed by atoms with van der Waals surface area (Å²) in [7, 11) is 1.16. The van der Waals surface area contributed by atoms with Crippen molar-refractivity contribution in [1.82, 2.24) is 0 Å². The third-order valence-electron chi connectivity index (χ3n) is 2.93. The maximum absolute atomic E-state index is 13.4. The Bertz CT molecular complexity index is 784. The summed E-state index contributed by atoms with van der Waals surface area (Å²) >= 11 is 5.56. The van der Waals surface area contributed by atoms with Gasteiger partial charge in [0.1, 0.15) is 17.3 Å². The number of benzene rings is 2. The first-order valence-corrected chi connectivity index (χ1v) is 6.56. The molecule has 0 spiro atoms. The minimum atomic E-state index is -1.37. The number of carbonyl (C=O) groups is 1. The number of anilines is 1. The summed E-state index contributed by atoms with van der Waals surface area (Å²) in [6.45, 7) is 0. The van der Waals surface area contributed by atoms with Gasteiger partial charge in [-0.15, -0.1) is 0 Å². The van der Waals surface area contributed by atoms with E-state index in [1.165, 1.54) is 30.3 Å². The Morgan fingerprint density at radius 3 is 2.65 bits per heavy atom. The topological polar surface area (TPSA) is 92.9 Å². The maximum atomic E-state index is 13.4. The van der Waals surface area contributed by atoms with Crippen LogP contribution in [0.15, 0.2) is 36.4 Å². The van der Waals surface area contributed by atoms with Crippen molar-refractivity contribution in [2.45, 2.75) is 0 Å². The molecule has 0 unspecified atom stereocenters. The lowest BCUT2D eigenvalue weighted by molar-refractivity contribution is -0.384. The fourth-order valence-corrected chi connectivity index (χ4v) is 1.94. The zero-order valence-corrected chi connectivity index (χ0v) is 12.5. The minimum absolute atomic E-state index is 0.00914. The lowest BCUT2D eigenvalue weighted by Gasteiger charge is -2.15. The third-order valence-corrected chi connectivity index (χ3v) is 3.23. The molecule has 120 valence electrons. The Kier molecular flexibility index (Phi) is 4.65. The van der Waals surface area contributed by atoms with Crippen LogP contribution in [0.4, 0.5) is 20.6 Å². The molecule has 0 aliphatic rings. The first kappa shape index (κ1) is 16.5. The van der Waals surface area contributed by atoms with E-state index in [0.717, 1.165) is 13.1 Å². The molecule has 9 heteroatoms. The van der Waals surface area contributed by atoms with Crippen LogP contribution in [0, 0.1) is 15.9 Å². The van der Waals surface area contributed by atoms with E-state index in [2.05, 4.69) is 0 Å². The second kappa shape index (κ2) is 6.49. The highest BCUT2D eigenvalue weighted by Gasteiger charge is 2.26. The van der Waals surface area contributed by atoms with Gasteiger partial charge in [0.25, 0.3) is 0 Å². The number of nitrogens with zero attached hydrogens (tertiary/aromatic N) is 2. The van der Waals surface area contributed by atoms with Crippen LogP contribution in [0.25, 0.3) is 0 Å². The van der Waals surface area contributed by atoms with Crippen molar-refractivity contribution in [1.29, 1.82) is 0 Å². The molecule has 0 radical (unpaired) electrons. The molecular formula is C14H10ClFN2O5. The summed E-state index contributed by atoms with van der Waals surface area (Å²) in [5, 5.41) is 20.2. The van der Waals surface area contributed by atoms with Crippen LogP contribution in [-0.2, 0) is 0 Å². The molecule has 0 fully saturated rings. The number of hydrogen-bond acceptors (Lipinski definition) is 4. The molecule has 2 aromatic carbocycles. The molecule has 0 saturated heterocycles. The van der Waals surface area contributed by atoms with Crippen LogP contribution in [0.2, 0.25) is 5.02 Å². The largest absolute Gasteiger partial charge is 0.465 e. The Hall–Kier alpha value is -2.87. The number of nitro groups is 1. The molecule has 0 aliphatic carbocycles. The van der Waals surface area contributed by atoms with Gasteiger partial charge in [-0.05, 0) is 24.3 Å². The Labute approximate surface area is 134 Å². The summed E-state index contributed by atoms with van der Waals surface area (Å²) < 4.78 is 18.7. The number of ether oxygens (including phenoxy) is 1. The monoisotopic (exact) mass is 340 g/mol. The van der Waals surface area contributed by atoms with Gasteiger partial charge in [0.05, 0.1) is 9.95 Å². The van der Waals surface area contributed by atoms with E-state index in [0.29, 0.717) is 4.90 Å². The van der Waals surface area contributed by atoms with Crippen molar-refractivity contribution >= 4 is 29.1 Å². The maximum Gasteiger partial charge on any atom is 0.411 e. The zero-order valence-electron chi connectivity index (χ0n) is 11.7. The normalized spacial score (nSPS) is 10.2. The lowest BCUT2D eigenvalue weighted by Crippen LogP contribution is -2.24. The first-order valence-electron chi connectivity index (χ1n) is 6.18. The Morgan fingerprint density at radius 2 is 2.09 bits per heavy atom. The molecule has 1 N–H and O–H groups in total. The molecule has 0 heterocycles. The summed E-state index contributed by atoms with van der Waals surface area (Å²) in [4.78, 5) is 22.2. The number of para-hydroxylation sites is 1. The molecule has 0 aromatic heterocycles. The summed E-state index contributed by atoms with van der Waals surface area (Å²) in [5.74, 6) is -0.974. The van der Waals surface area contributed by atoms with E-state index in [1.807, 2.05) is 0 Å². The van der Waals surface area contributed by atoms with Crippen molar-refractivity contribution < 1.29 is 24.0 Å². The molecule has 1 amide bonds. The van der Waals surface area contributed by atoms with Crippen molar-refractivity contribution in [3.05, 3.63) is 57.4 Å². The van der Waals surface area contributed by atoms with Crippen molar-refractivity contribution in [3.8, 4) is 11.5 Å². The van der Waals surface area contributed by atoms with E-state index in [-0.39, 0.29) is 22.2 Å². The van der Waals surface area contributed by atoms with E-state index in [4.69, 9.17) is 21.4 Å². The van der Waals surface area contributed by atoms with Crippen LogP contribution >= 0.6 is 11.6 Å². The first-order chi connectivity index (χ1) is 10.8. The number of amides is 1. The highest BCUT2D eigenvalue weighted by atomic mass is 35.5. The number of hydrogen-bond donors (Lipinski definition) is 1. The quantitative estimate of drug-likeness (QED) is 0.661. The fraction of sp³-hybridized carbons (Fsp3) is 0.0714. The molecular weight excluding hydrogens is 331 g/mol. The standard InChI is InChI=1S/C14H10ClFN2O5/c1-17(14(19)20)11-3-2-4-12(13(11)18(21)22)23-8-5-6-9(15)10(16)7-8/h2-7H,1H3,(H,19,20). The fourth-order valence-electron chi connectivity index (χ4n) is 1.82. The van der Waals surface area contributed by atoms with Gasteiger partial charge in [0.2, 0.25) is 5.75 Å². The molecule has 0 saturated carbocycles. The van der Waals surface area contributed by atoms with Crippen LogP contribution in [0.1, 0.15) is 0 Å². The van der Waals surface area contributed by atoms with Gasteiger partial charge >= 0.3 is 11.8 Å². The Morgan fingerprint density at radius 1 is 1.39 bits per heavy atom. The molecule has 7 nitrogen and oxygen atoms in total. The summed E-state index contributed by atoms with van der Waals surface area (Å²) in [6, 6.07) is 7.49. The minimum Gasteiger partial charge on any atom is -0.465 e. The predicted octanol–water partition coefficient (Wildman–Crippen LogP) is 4.29. The Balaban J connectivity index is 2.49. The van der Waals surface area contributed by atoms with E-state index >= 15 is 0 Å². The smallest absolute Gasteiger partial charge is 0.411 e. The molecule has 0 bridgehead atoms. The van der Waals surface area contributed by atoms with E-state index in [9.17, 15) is 19.3 Å². The van der Waals surface area contributed by atoms with Gasteiger partial charge in [-0.3, -0.25) is 15.0 Å². The van der Waals surface area contributed by atoms with Crippen molar-refractivity contribution in [3.63, 3.8) is 0 Å². The van der Waals surface area contributed by atoms with Crippen LogP contribution < -0.4 is 9.64 Å². The average molecular weight is 341 g/mol. The van der Waals surface area contributed by atoms with Gasteiger partial charge in [-0.2, -0.15) is 0 Å². The van der Waals surface area contributed by atoms with E-state index in [1.54, 1.807) is 0 Å². The summed E-state index contributed by atoms with van der Waals surface area (Å²) in [6.07, 6.45) is -1.37. The molecule has 2 rings (SSSR count). The third kappa shape index (κ3) is 3.49. The zero-order chi connectivity index (χ0) is 17.1. The van der Waals surface area contributed by atoms with Crippen LogP contribution in [0.5, 0.6) is 11.5 Å². The summed E-state index contributed by atoms with van der Waals surface area (Å²) in [5.41, 5.74) is -0.720. The van der Waals surface area contributed by atoms with Gasteiger partial charge in [-0.1, -0.05) is 17.7 Å². The number of rotatable bonds is 4. The average Bonchev–Trinajstić information content (AvgIpc) is 2.49. The predicted molar refractivity (Wildman–Crippen MR) is 81.0 cm³/mol. The highest BCUT2D eigenvalue weighted by Crippen LogP contribution is 2.39. The number of carboxylic acid groups (broad SMARTS) is 1. The van der Waals surface area contributed by atoms with Crippen LogP contribution in [0.3, 0.4) is 0 Å². The number of halogens is 2. The van der Waals surface area contributed by atoms with Gasteiger partial charge < -0.3 is 9.84 Å². The van der Waals surface area contributed by atoms with Gasteiger partial charge in [0.15, 0.2) is 0 Å². The molecule has 23 heavy (non-hydrogen) atoms. The van der Waals surface area contributed by atoms with Crippen LogP contribution in [-0.4, -0.2) is 23.2 Å². The SMILES string of the molecule is CN(C(=O)O)c1cccc(Oc2ccc(Cl)c(F)c2)c1[N+](=O)[O-]. The highest BCUT2D eigenvalue weighted by molar-refractivity contribution is 6.30. The molecule has 0 atom stereocenters.